The fourth-order valence-corrected chi connectivity index (χ4v) is 4.16. The van der Waals surface area contributed by atoms with E-state index in [0.29, 0.717) is 16.9 Å². The van der Waals surface area contributed by atoms with Gasteiger partial charge < -0.3 is 20.0 Å². The van der Waals surface area contributed by atoms with Crippen molar-refractivity contribution < 1.29 is 17.6 Å². The average molecular weight is 495 g/mol. The summed E-state index contributed by atoms with van der Waals surface area (Å²) in [5.41, 5.74) is 4.63. The predicted octanol–water partition coefficient (Wildman–Crippen LogP) is 7.09. The van der Waals surface area contributed by atoms with Crippen LogP contribution in [0.1, 0.15) is 31.9 Å². The highest BCUT2D eigenvalue weighted by Gasteiger charge is 2.27. The normalized spacial score (nSPS) is 12.4. The molecule has 3 N–H and O–H groups in total. The molecule has 0 fully saturated rings. The van der Waals surface area contributed by atoms with Crippen LogP contribution < -0.4 is 10.6 Å². The highest BCUT2D eigenvalue weighted by molar-refractivity contribution is 5.93. The minimum Gasteiger partial charge on any atom is -0.401 e. The zero-order chi connectivity index (χ0) is 25.7. The van der Waals surface area contributed by atoms with Crippen LogP contribution >= 0.6 is 0 Å². The molecule has 0 radical (unpaired) electrons. The Balaban J connectivity index is 1.53. The van der Waals surface area contributed by atoms with Crippen molar-refractivity contribution in [3.63, 3.8) is 0 Å². The van der Waals surface area contributed by atoms with Crippen molar-refractivity contribution in [1.29, 1.82) is 0 Å². The van der Waals surface area contributed by atoms with Crippen molar-refractivity contribution in [2.45, 2.75) is 39.3 Å². The van der Waals surface area contributed by atoms with E-state index in [2.05, 4.69) is 25.8 Å². The van der Waals surface area contributed by atoms with Crippen molar-refractivity contribution in [2.24, 2.45) is 0 Å². The number of nitrogens with one attached hydrogen (secondary N) is 3. The highest BCUT2D eigenvalue weighted by atomic mass is 19.4. The summed E-state index contributed by atoms with van der Waals surface area (Å²) in [6, 6.07) is 13.2. The third-order valence-corrected chi connectivity index (χ3v) is 5.90. The van der Waals surface area contributed by atoms with E-state index in [1.165, 1.54) is 0 Å². The molecule has 5 rings (SSSR count). The van der Waals surface area contributed by atoms with Gasteiger partial charge in [0.2, 0.25) is 0 Å². The number of halogens is 3. The van der Waals surface area contributed by atoms with Crippen molar-refractivity contribution >= 4 is 39.2 Å². The first-order valence-corrected chi connectivity index (χ1v) is 11.4. The topological polar surface area (TPSA) is 91.7 Å². The lowest BCUT2D eigenvalue weighted by Gasteiger charge is -2.23. The first-order chi connectivity index (χ1) is 17.0. The van der Waals surface area contributed by atoms with Crippen molar-refractivity contribution in [3.8, 4) is 11.6 Å². The molecule has 0 spiro atoms. The number of rotatable bonds is 5. The van der Waals surface area contributed by atoms with Gasteiger partial charge in [-0.2, -0.15) is 13.2 Å². The number of anilines is 3. The zero-order valence-electron chi connectivity index (χ0n) is 20.2. The summed E-state index contributed by atoms with van der Waals surface area (Å²) >= 11 is 0. The fourth-order valence-electron chi connectivity index (χ4n) is 4.16. The number of H-pyrrole nitrogens is 1. The van der Waals surface area contributed by atoms with Gasteiger partial charge in [-0.25, -0.2) is 4.98 Å². The van der Waals surface area contributed by atoms with Crippen LogP contribution in [0.25, 0.3) is 33.4 Å². The lowest BCUT2D eigenvalue weighted by molar-refractivity contribution is -0.115. The Morgan fingerprint density at radius 3 is 2.56 bits per heavy atom. The average Bonchev–Trinajstić information content (AvgIpc) is 3.46. The van der Waals surface area contributed by atoms with Crippen molar-refractivity contribution in [3.05, 3.63) is 59.8 Å². The van der Waals surface area contributed by atoms with Crippen LogP contribution in [0.2, 0.25) is 0 Å². The van der Waals surface area contributed by atoms with Gasteiger partial charge in [-0.1, -0.05) is 31.9 Å². The van der Waals surface area contributed by atoms with Gasteiger partial charge in [0.15, 0.2) is 0 Å². The monoisotopic (exact) mass is 494 g/mol. The molecule has 0 amide bonds. The summed E-state index contributed by atoms with van der Waals surface area (Å²) in [7, 11) is 0. The van der Waals surface area contributed by atoms with E-state index in [-0.39, 0.29) is 17.3 Å². The number of fused-ring (bicyclic) bond motifs is 2. The number of aromatic nitrogens is 4. The van der Waals surface area contributed by atoms with Gasteiger partial charge in [-0.05, 0) is 59.9 Å². The maximum Gasteiger partial charge on any atom is 0.405 e. The second kappa shape index (κ2) is 8.54. The molecule has 3 heterocycles. The first kappa shape index (κ1) is 23.7. The number of pyridine rings is 1. The van der Waals surface area contributed by atoms with Gasteiger partial charge in [0.25, 0.3) is 5.89 Å². The summed E-state index contributed by atoms with van der Waals surface area (Å²) in [5.74, 6) is 0.239. The van der Waals surface area contributed by atoms with Gasteiger partial charge in [-0.3, -0.25) is 0 Å². The molecule has 0 atom stereocenters. The van der Waals surface area contributed by atoms with Gasteiger partial charge in [-0.15, -0.1) is 5.10 Å². The van der Waals surface area contributed by atoms with E-state index in [4.69, 9.17) is 9.40 Å². The summed E-state index contributed by atoms with van der Waals surface area (Å²) in [4.78, 5) is 7.97. The minimum atomic E-state index is -4.32. The van der Waals surface area contributed by atoms with Gasteiger partial charge in [0, 0.05) is 28.2 Å². The summed E-state index contributed by atoms with van der Waals surface area (Å²) in [5, 5.41) is 15.7. The smallest absolute Gasteiger partial charge is 0.401 e. The molecule has 0 saturated heterocycles. The molecule has 7 nitrogen and oxygen atoms in total. The Bertz CT molecular complexity index is 1560. The Labute approximate surface area is 205 Å². The van der Waals surface area contributed by atoms with E-state index >= 15 is 0 Å². The largest absolute Gasteiger partial charge is 0.405 e. The van der Waals surface area contributed by atoms with Crippen LogP contribution in [0.4, 0.5) is 30.6 Å². The van der Waals surface area contributed by atoms with E-state index < -0.39 is 12.7 Å². The number of aryl methyl sites for hydroxylation is 1. The summed E-state index contributed by atoms with van der Waals surface area (Å²) in [6.45, 7) is 6.76. The molecule has 10 heteroatoms. The molecule has 2 aromatic carbocycles. The SMILES string of the molecule is Cc1cc(-c2nnc(Nc3cccc4[nH]ccc34)o2)nc2c(C(C)(C)C)cc(NCC(F)(F)F)cc12. The number of hydrogen-bond acceptors (Lipinski definition) is 6. The second-order valence-corrected chi connectivity index (χ2v) is 9.74. The van der Waals surface area contributed by atoms with Crippen LogP contribution in [0, 0.1) is 6.92 Å². The van der Waals surface area contributed by atoms with Crippen LogP contribution in [0.3, 0.4) is 0 Å². The zero-order valence-corrected chi connectivity index (χ0v) is 20.2. The quantitative estimate of drug-likeness (QED) is 0.242. The fraction of sp³-hybridized carbons (Fsp3) is 0.269. The molecule has 5 aromatic rings. The van der Waals surface area contributed by atoms with Crippen LogP contribution in [0.5, 0.6) is 0 Å². The van der Waals surface area contributed by atoms with Crippen molar-refractivity contribution in [2.75, 3.05) is 17.2 Å². The number of nitrogens with zero attached hydrogens (tertiary/aromatic N) is 3. The Morgan fingerprint density at radius 2 is 1.81 bits per heavy atom. The number of hydrogen-bond donors (Lipinski definition) is 3. The van der Waals surface area contributed by atoms with Gasteiger partial charge >= 0.3 is 12.2 Å². The van der Waals surface area contributed by atoms with Gasteiger partial charge in [0.05, 0.1) is 11.2 Å². The molecule has 0 unspecified atom stereocenters. The van der Waals surface area contributed by atoms with Crippen LogP contribution in [-0.4, -0.2) is 32.9 Å². The summed E-state index contributed by atoms with van der Waals surface area (Å²) in [6.07, 6.45) is -2.46. The van der Waals surface area contributed by atoms with Crippen molar-refractivity contribution in [1.82, 2.24) is 20.2 Å². The van der Waals surface area contributed by atoms with E-state index in [1.807, 2.05) is 58.2 Å². The predicted molar refractivity (Wildman–Crippen MR) is 135 cm³/mol. The molecule has 36 heavy (non-hydrogen) atoms. The Hall–Kier alpha value is -4.08. The third-order valence-electron chi connectivity index (χ3n) is 5.90. The molecule has 3 aromatic heterocycles. The van der Waals surface area contributed by atoms with E-state index in [1.54, 1.807) is 18.2 Å². The molecule has 0 bridgehead atoms. The minimum absolute atomic E-state index is 0.223. The molecule has 186 valence electrons. The molecule has 0 aliphatic heterocycles. The summed E-state index contributed by atoms with van der Waals surface area (Å²) < 4.78 is 44.3. The van der Waals surface area contributed by atoms with E-state index in [0.717, 1.165) is 33.1 Å². The maximum absolute atomic E-state index is 12.8. The molecule has 0 aliphatic rings. The molecule has 0 saturated carbocycles. The second-order valence-electron chi connectivity index (χ2n) is 9.74. The highest BCUT2D eigenvalue weighted by Crippen LogP contribution is 2.36. The number of alkyl halides is 3. The maximum atomic E-state index is 12.8. The lowest BCUT2D eigenvalue weighted by atomic mass is 9.84. The Morgan fingerprint density at radius 1 is 1.00 bits per heavy atom. The molecular formula is C26H25F3N6O. The standard InChI is InChI=1S/C26H25F3N6O/c1-14-10-21(23-34-35-24(36-23)33-20-7-5-6-19-16(20)8-9-30-19)32-22-17(14)11-15(31-13-26(27,28)29)12-18(22)25(2,3)4/h5-12,30-31H,13H2,1-4H3,(H,33,35). The van der Waals surface area contributed by atoms with E-state index in [9.17, 15) is 13.2 Å². The third kappa shape index (κ3) is 4.71. The number of aromatic amines is 1. The first-order valence-electron chi connectivity index (χ1n) is 11.4. The molecular weight excluding hydrogens is 469 g/mol. The Kier molecular flexibility index (Phi) is 5.61. The van der Waals surface area contributed by atoms with Crippen LogP contribution in [0.15, 0.2) is 53.1 Å². The molecule has 0 aliphatic carbocycles. The van der Waals surface area contributed by atoms with Crippen LogP contribution in [-0.2, 0) is 5.41 Å². The number of benzene rings is 2. The lowest BCUT2D eigenvalue weighted by Crippen LogP contribution is -2.22. The van der Waals surface area contributed by atoms with Gasteiger partial charge in [0.1, 0.15) is 12.2 Å².